The van der Waals surface area contributed by atoms with Gasteiger partial charge in [-0.05, 0) is 55.2 Å². The third-order valence-electron chi connectivity index (χ3n) is 4.58. The van der Waals surface area contributed by atoms with Crippen LogP contribution in [0, 0.1) is 11.8 Å². The predicted octanol–water partition coefficient (Wildman–Crippen LogP) is 7.62. The highest BCUT2D eigenvalue weighted by molar-refractivity contribution is 5.55. The fourth-order valence-corrected chi connectivity index (χ4v) is 2.86. The SMILES string of the molecule is CC(C)C1CCC(=Cc2cccc(OC(F)(F)F)c2)CC1.CCCC. The van der Waals surface area contributed by atoms with E-state index in [2.05, 4.69) is 32.4 Å². The van der Waals surface area contributed by atoms with Gasteiger partial charge in [-0.3, -0.25) is 0 Å². The molecule has 0 radical (unpaired) electrons. The van der Waals surface area contributed by atoms with E-state index in [0.29, 0.717) is 5.92 Å². The van der Waals surface area contributed by atoms with Gasteiger partial charge in [0.25, 0.3) is 0 Å². The molecule has 0 saturated heterocycles. The van der Waals surface area contributed by atoms with Crippen LogP contribution >= 0.6 is 0 Å². The van der Waals surface area contributed by atoms with Crippen LogP contribution in [-0.2, 0) is 0 Å². The Morgan fingerprint density at radius 3 is 2.20 bits per heavy atom. The lowest BCUT2D eigenvalue weighted by Crippen LogP contribution is -2.17. The Hall–Kier alpha value is -1.45. The molecule has 1 aromatic carbocycles. The van der Waals surface area contributed by atoms with Gasteiger partial charge in [0.1, 0.15) is 5.75 Å². The van der Waals surface area contributed by atoms with Crippen LogP contribution in [0.1, 0.15) is 71.8 Å². The van der Waals surface area contributed by atoms with E-state index in [1.165, 1.54) is 43.4 Å². The maximum absolute atomic E-state index is 12.2. The zero-order chi connectivity index (χ0) is 18.9. The standard InChI is InChI=1S/C17H21F3O.C4H10/c1-12(2)15-8-6-13(7-9-15)10-14-4-3-5-16(11-14)21-17(18,19)20;1-3-4-2/h3-5,10-12,15H,6-9H2,1-2H3;3-4H2,1-2H3. The summed E-state index contributed by atoms with van der Waals surface area (Å²) in [4.78, 5) is 0. The van der Waals surface area contributed by atoms with Gasteiger partial charge < -0.3 is 4.74 Å². The fraction of sp³-hybridized carbons (Fsp3) is 0.619. The molecule has 0 amide bonds. The van der Waals surface area contributed by atoms with Crippen LogP contribution in [0.3, 0.4) is 0 Å². The van der Waals surface area contributed by atoms with Crippen molar-refractivity contribution in [1.82, 2.24) is 0 Å². The van der Waals surface area contributed by atoms with Gasteiger partial charge in [-0.1, -0.05) is 64.3 Å². The van der Waals surface area contributed by atoms with E-state index in [9.17, 15) is 13.2 Å². The second-order valence-corrected chi connectivity index (χ2v) is 7.00. The van der Waals surface area contributed by atoms with E-state index >= 15 is 0 Å². The lowest BCUT2D eigenvalue weighted by molar-refractivity contribution is -0.274. The van der Waals surface area contributed by atoms with Crippen LogP contribution in [0.4, 0.5) is 13.2 Å². The minimum atomic E-state index is -4.64. The fourth-order valence-electron chi connectivity index (χ4n) is 2.86. The summed E-state index contributed by atoms with van der Waals surface area (Å²) in [6.45, 7) is 8.86. The molecule has 25 heavy (non-hydrogen) atoms. The minimum absolute atomic E-state index is 0.160. The number of hydrogen-bond donors (Lipinski definition) is 0. The van der Waals surface area contributed by atoms with Gasteiger partial charge in [0, 0.05) is 0 Å². The molecule has 0 heterocycles. The van der Waals surface area contributed by atoms with E-state index in [4.69, 9.17) is 0 Å². The number of alkyl halides is 3. The highest BCUT2D eigenvalue weighted by Crippen LogP contribution is 2.34. The zero-order valence-electron chi connectivity index (χ0n) is 15.8. The monoisotopic (exact) mass is 356 g/mol. The normalized spacial score (nSPS) is 17.8. The molecule has 1 aliphatic rings. The van der Waals surface area contributed by atoms with Crippen molar-refractivity contribution in [3.05, 3.63) is 35.4 Å². The smallest absolute Gasteiger partial charge is 0.406 e. The molecule has 0 N–H and O–H groups in total. The summed E-state index contributed by atoms with van der Waals surface area (Å²) < 4.78 is 40.6. The lowest BCUT2D eigenvalue weighted by Gasteiger charge is -2.27. The minimum Gasteiger partial charge on any atom is -0.406 e. The Morgan fingerprint density at radius 2 is 1.72 bits per heavy atom. The van der Waals surface area contributed by atoms with Crippen molar-refractivity contribution in [2.24, 2.45) is 11.8 Å². The first-order valence-corrected chi connectivity index (χ1v) is 9.30. The highest BCUT2D eigenvalue weighted by Gasteiger charge is 2.31. The second kappa shape index (κ2) is 10.5. The first kappa shape index (κ1) is 21.6. The summed E-state index contributed by atoms with van der Waals surface area (Å²) in [5.41, 5.74) is 2.09. The number of benzene rings is 1. The third-order valence-corrected chi connectivity index (χ3v) is 4.58. The first-order valence-electron chi connectivity index (χ1n) is 9.30. The number of allylic oxidation sites excluding steroid dienone is 1. The molecule has 1 nitrogen and oxygen atoms in total. The average Bonchev–Trinajstić information content (AvgIpc) is 2.54. The molecule has 0 aromatic heterocycles. The Labute approximate surface area is 150 Å². The van der Waals surface area contributed by atoms with Gasteiger partial charge in [-0.25, -0.2) is 0 Å². The van der Waals surface area contributed by atoms with Gasteiger partial charge in [0.05, 0.1) is 0 Å². The van der Waals surface area contributed by atoms with Crippen LogP contribution in [-0.4, -0.2) is 6.36 Å². The van der Waals surface area contributed by atoms with E-state index < -0.39 is 6.36 Å². The van der Waals surface area contributed by atoms with Gasteiger partial charge in [0.15, 0.2) is 0 Å². The molecule has 1 aromatic rings. The highest BCUT2D eigenvalue weighted by atomic mass is 19.4. The largest absolute Gasteiger partial charge is 0.573 e. The Morgan fingerprint density at radius 1 is 1.12 bits per heavy atom. The topological polar surface area (TPSA) is 9.23 Å². The summed E-state index contributed by atoms with van der Waals surface area (Å²) in [5, 5.41) is 0. The molecule has 0 spiro atoms. The van der Waals surface area contributed by atoms with E-state index in [-0.39, 0.29) is 5.75 Å². The van der Waals surface area contributed by atoms with Crippen LogP contribution in [0.25, 0.3) is 6.08 Å². The number of ether oxygens (including phenoxy) is 1. The molecule has 0 bridgehead atoms. The van der Waals surface area contributed by atoms with Crippen molar-refractivity contribution >= 4 is 6.08 Å². The van der Waals surface area contributed by atoms with Gasteiger partial charge in [0.2, 0.25) is 0 Å². The molecule has 4 heteroatoms. The van der Waals surface area contributed by atoms with Crippen molar-refractivity contribution in [2.45, 2.75) is 72.6 Å². The van der Waals surface area contributed by atoms with Crippen molar-refractivity contribution < 1.29 is 17.9 Å². The summed E-state index contributed by atoms with van der Waals surface area (Å²) in [5.74, 6) is 1.31. The second-order valence-electron chi connectivity index (χ2n) is 7.00. The van der Waals surface area contributed by atoms with Gasteiger partial charge in [-0.2, -0.15) is 0 Å². The zero-order valence-corrected chi connectivity index (χ0v) is 15.8. The molecule has 1 aliphatic carbocycles. The number of rotatable bonds is 4. The molecule has 1 saturated carbocycles. The average molecular weight is 356 g/mol. The maximum atomic E-state index is 12.2. The van der Waals surface area contributed by atoms with Crippen molar-refractivity contribution in [3.63, 3.8) is 0 Å². The summed E-state index contributed by atoms with van der Waals surface area (Å²) in [6.07, 6.45) is 4.41. The van der Waals surface area contributed by atoms with Crippen LogP contribution in [0.15, 0.2) is 29.8 Å². The number of hydrogen-bond acceptors (Lipinski definition) is 1. The number of halogens is 3. The molecule has 2 rings (SSSR count). The Kier molecular flexibility index (Phi) is 9.09. The maximum Gasteiger partial charge on any atom is 0.573 e. The quantitative estimate of drug-likeness (QED) is 0.539. The van der Waals surface area contributed by atoms with E-state index in [0.717, 1.165) is 24.3 Å². The Balaban J connectivity index is 0.000000705. The van der Waals surface area contributed by atoms with E-state index in [1.807, 2.05) is 12.1 Å². The molecular weight excluding hydrogens is 325 g/mol. The molecule has 0 aliphatic heterocycles. The summed E-state index contributed by atoms with van der Waals surface area (Å²) >= 11 is 0. The molecular formula is C21H31F3O. The van der Waals surface area contributed by atoms with Crippen molar-refractivity contribution in [1.29, 1.82) is 0 Å². The summed E-state index contributed by atoms with van der Waals surface area (Å²) in [6, 6.07) is 6.16. The lowest BCUT2D eigenvalue weighted by atomic mass is 9.79. The molecule has 0 unspecified atom stereocenters. The van der Waals surface area contributed by atoms with Crippen LogP contribution in [0.5, 0.6) is 5.75 Å². The van der Waals surface area contributed by atoms with Crippen molar-refractivity contribution in [2.75, 3.05) is 0 Å². The van der Waals surface area contributed by atoms with Crippen LogP contribution in [0.2, 0.25) is 0 Å². The third kappa shape index (κ3) is 8.99. The van der Waals surface area contributed by atoms with Crippen molar-refractivity contribution in [3.8, 4) is 5.75 Å². The molecule has 142 valence electrons. The molecule has 0 atom stereocenters. The Bertz CT molecular complexity index is 520. The van der Waals surface area contributed by atoms with Gasteiger partial charge >= 0.3 is 6.36 Å². The molecule has 1 fully saturated rings. The number of unbranched alkanes of at least 4 members (excludes halogenated alkanes) is 1. The van der Waals surface area contributed by atoms with Crippen LogP contribution < -0.4 is 4.74 Å². The first-order chi connectivity index (χ1) is 11.7. The summed E-state index contributed by atoms with van der Waals surface area (Å²) in [7, 11) is 0. The predicted molar refractivity (Wildman–Crippen MR) is 98.5 cm³/mol. The van der Waals surface area contributed by atoms with E-state index in [1.54, 1.807) is 6.07 Å². The van der Waals surface area contributed by atoms with Gasteiger partial charge in [-0.15, -0.1) is 13.2 Å².